The molecule has 0 atom stereocenters. The zero-order chi connectivity index (χ0) is 19.6. The minimum absolute atomic E-state index is 0.00237. The summed E-state index contributed by atoms with van der Waals surface area (Å²) in [5.41, 5.74) is 0.463. The van der Waals surface area contributed by atoms with Gasteiger partial charge in [-0.15, -0.1) is 0 Å². The van der Waals surface area contributed by atoms with Crippen LogP contribution in [0.25, 0.3) is 0 Å². The van der Waals surface area contributed by atoms with Crippen LogP contribution in [0.4, 0.5) is 0 Å². The maximum atomic E-state index is 13.0. The molecule has 0 unspecified atom stereocenters. The van der Waals surface area contributed by atoms with Gasteiger partial charge in [-0.05, 0) is 24.3 Å². The summed E-state index contributed by atoms with van der Waals surface area (Å²) in [4.78, 5) is 50.0. The number of hydrogen-bond donors (Lipinski definition) is 0. The van der Waals surface area contributed by atoms with Gasteiger partial charge in [-0.25, -0.2) is 5.01 Å². The van der Waals surface area contributed by atoms with Crippen LogP contribution in [0.1, 0.15) is 33.6 Å². The van der Waals surface area contributed by atoms with Crippen LogP contribution in [0.15, 0.2) is 53.0 Å². The number of amides is 3. The van der Waals surface area contributed by atoms with Crippen LogP contribution in [-0.2, 0) is 9.59 Å². The van der Waals surface area contributed by atoms with Crippen LogP contribution in [0.3, 0.4) is 0 Å². The Hall–Kier alpha value is -2.51. The lowest BCUT2D eigenvalue weighted by atomic mass is 10.1. The number of Topliss-reactive ketones (excluding diaryl/α,β-unsaturated/α-hetero) is 1. The second-order valence-electron chi connectivity index (χ2n) is 5.87. The molecule has 1 aliphatic rings. The highest BCUT2D eigenvalue weighted by molar-refractivity contribution is 9.10. The Bertz CT molecular complexity index is 914. The molecule has 2 aromatic carbocycles. The van der Waals surface area contributed by atoms with Crippen molar-refractivity contribution in [2.45, 2.75) is 12.8 Å². The molecule has 3 rings (SSSR count). The minimum atomic E-state index is -0.685. The molecule has 1 saturated heterocycles. The van der Waals surface area contributed by atoms with Crippen LogP contribution in [-0.4, -0.2) is 40.1 Å². The Kier molecular flexibility index (Phi) is 5.72. The van der Waals surface area contributed by atoms with Crippen molar-refractivity contribution in [3.63, 3.8) is 0 Å². The molecule has 0 aliphatic carbocycles. The Morgan fingerprint density at radius 3 is 2.19 bits per heavy atom. The van der Waals surface area contributed by atoms with Crippen LogP contribution >= 0.6 is 27.5 Å². The lowest BCUT2D eigenvalue weighted by molar-refractivity contribution is -0.152. The van der Waals surface area contributed by atoms with Crippen molar-refractivity contribution in [1.29, 1.82) is 0 Å². The summed E-state index contributed by atoms with van der Waals surface area (Å²) in [6, 6.07) is 12.9. The highest BCUT2D eigenvalue weighted by atomic mass is 79.9. The summed E-state index contributed by atoms with van der Waals surface area (Å²) in [5, 5.41) is 1.80. The number of hydrogen-bond acceptors (Lipinski definition) is 4. The predicted molar refractivity (Wildman–Crippen MR) is 102 cm³/mol. The molecule has 3 amide bonds. The van der Waals surface area contributed by atoms with Gasteiger partial charge in [0.15, 0.2) is 5.78 Å². The molecular formula is C19H14BrClN2O4. The highest BCUT2D eigenvalue weighted by Crippen LogP contribution is 2.22. The van der Waals surface area contributed by atoms with Gasteiger partial charge in [0, 0.05) is 22.9 Å². The second kappa shape index (κ2) is 8.02. The summed E-state index contributed by atoms with van der Waals surface area (Å²) in [7, 11) is 0. The Balaban J connectivity index is 1.95. The largest absolute Gasteiger partial charge is 0.292 e. The summed E-state index contributed by atoms with van der Waals surface area (Å²) in [6.07, 6.45) is -0.00474. The zero-order valence-electron chi connectivity index (χ0n) is 14.0. The summed E-state index contributed by atoms with van der Waals surface area (Å²) < 4.78 is 0.799. The molecule has 1 fully saturated rings. The molecular weight excluding hydrogens is 436 g/mol. The van der Waals surface area contributed by atoms with Gasteiger partial charge in [0.2, 0.25) is 11.8 Å². The number of hydrazine groups is 1. The Morgan fingerprint density at radius 2 is 1.59 bits per heavy atom. The third kappa shape index (κ3) is 4.09. The van der Waals surface area contributed by atoms with Crippen molar-refractivity contribution in [2.24, 2.45) is 0 Å². The first-order valence-electron chi connectivity index (χ1n) is 8.09. The van der Waals surface area contributed by atoms with Crippen molar-refractivity contribution in [1.82, 2.24) is 10.0 Å². The van der Waals surface area contributed by atoms with Gasteiger partial charge >= 0.3 is 0 Å². The summed E-state index contributed by atoms with van der Waals surface area (Å²) in [5.74, 6) is -2.14. The minimum Gasteiger partial charge on any atom is -0.292 e. The normalized spacial score (nSPS) is 13.8. The first-order valence-corrected chi connectivity index (χ1v) is 9.26. The molecule has 0 aromatic heterocycles. The van der Waals surface area contributed by atoms with Crippen LogP contribution < -0.4 is 0 Å². The molecule has 138 valence electrons. The van der Waals surface area contributed by atoms with Gasteiger partial charge in [0.1, 0.15) is 6.54 Å². The van der Waals surface area contributed by atoms with E-state index in [0.29, 0.717) is 5.56 Å². The number of halogens is 2. The van der Waals surface area contributed by atoms with Gasteiger partial charge in [0.25, 0.3) is 5.91 Å². The molecule has 6 nitrogen and oxygen atoms in total. The zero-order valence-corrected chi connectivity index (χ0v) is 16.4. The molecule has 0 saturated carbocycles. The topological polar surface area (TPSA) is 74.8 Å². The standard InChI is InChI=1S/C19H14BrClN2O4/c20-13-7-5-12(6-8-13)16(24)11-22(23-17(25)9-10-18(23)26)19(27)14-3-1-2-4-15(14)21/h1-8H,9-11H2. The SMILES string of the molecule is O=C(CN(C(=O)c1ccccc1Cl)N1C(=O)CCC1=O)c1ccc(Br)cc1. The fraction of sp³-hybridized carbons (Fsp3) is 0.158. The van der Waals surface area contributed by atoms with E-state index < -0.39 is 30.0 Å². The maximum absolute atomic E-state index is 13.0. The van der Waals surface area contributed by atoms with Crippen molar-refractivity contribution in [2.75, 3.05) is 6.54 Å². The third-order valence-electron chi connectivity index (χ3n) is 4.06. The predicted octanol–water partition coefficient (Wildman–Crippen LogP) is 3.49. The van der Waals surface area contributed by atoms with E-state index in [1.54, 1.807) is 36.4 Å². The summed E-state index contributed by atoms with van der Waals surface area (Å²) in [6.45, 7) is -0.455. The van der Waals surface area contributed by atoms with E-state index in [1.807, 2.05) is 0 Å². The Morgan fingerprint density at radius 1 is 1.00 bits per heavy atom. The number of carbonyl (C=O) groups is 4. The quantitative estimate of drug-likeness (QED) is 0.517. The van der Waals surface area contributed by atoms with Crippen molar-refractivity contribution < 1.29 is 19.2 Å². The van der Waals surface area contributed by atoms with Crippen LogP contribution in [0, 0.1) is 0 Å². The lowest BCUT2D eigenvalue weighted by Crippen LogP contribution is -2.51. The van der Waals surface area contributed by atoms with Crippen LogP contribution in [0.2, 0.25) is 5.02 Å². The van der Waals surface area contributed by atoms with Crippen molar-refractivity contribution in [3.05, 3.63) is 69.2 Å². The fourth-order valence-corrected chi connectivity index (χ4v) is 3.19. The number of rotatable bonds is 5. The first kappa shape index (κ1) is 19.3. The van der Waals surface area contributed by atoms with Gasteiger partial charge in [0.05, 0.1) is 10.6 Å². The second-order valence-corrected chi connectivity index (χ2v) is 7.19. The molecule has 0 spiro atoms. The smallest absolute Gasteiger partial charge is 0.274 e. The number of benzene rings is 2. The van der Waals surface area contributed by atoms with E-state index in [-0.39, 0.29) is 23.4 Å². The average Bonchev–Trinajstić information content (AvgIpc) is 2.98. The molecule has 0 radical (unpaired) electrons. The van der Waals surface area contributed by atoms with E-state index >= 15 is 0 Å². The van der Waals surface area contributed by atoms with Gasteiger partial charge in [-0.3, -0.25) is 19.2 Å². The molecule has 0 bridgehead atoms. The number of nitrogens with zero attached hydrogens (tertiary/aromatic N) is 2. The Labute approximate surface area is 168 Å². The van der Waals surface area contributed by atoms with Crippen molar-refractivity contribution in [3.8, 4) is 0 Å². The van der Waals surface area contributed by atoms with Crippen molar-refractivity contribution >= 4 is 51.0 Å². The molecule has 1 aliphatic heterocycles. The summed E-state index contributed by atoms with van der Waals surface area (Å²) >= 11 is 9.38. The molecule has 27 heavy (non-hydrogen) atoms. The highest BCUT2D eigenvalue weighted by Gasteiger charge is 2.38. The molecule has 2 aromatic rings. The fourth-order valence-electron chi connectivity index (χ4n) is 2.70. The molecule has 0 N–H and O–H groups in total. The average molecular weight is 450 g/mol. The van der Waals surface area contributed by atoms with E-state index in [9.17, 15) is 19.2 Å². The van der Waals surface area contributed by atoms with E-state index in [4.69, 9.17) is 11.6 Å². The van der Waals surface area contributed by atoms with E-state index in [1.165, 1.54) is 12.1 Å². The van der Waals surface area contributed by atoms with Gasteiger partial charge in [-0.1, -0.05) is 51.8 Å². The van der Waals surface area contributed by atoms with Crippen LogP contribution in [0.5, 0.6) is 0 Å². The first-order chi connectivity index (χ1) is 12.9. The molecule has 1 heterocycles. The number of ketones is 1. The third-order valence-corrected chi connectivity index (χ3v) is 4.92. The van der Waals surface area contributed by atoms with E-state index in [2.05, 4.69) is 15.9 Å². The molecule has 8 heteroatoms. The maximum Gasteiger partial charge on any atom is 0.274 e. The van der Waals surface area contributed by atoms with E-state index in [0.717, 1.165) is 14.5 Å². The number of imide groups is 1. The lowest BCUT2D eigenvalue weighted by Gasteiger charge is -2.29. The number of carbonyl (C=O) groups excluding carboxylic acids is 4. The monoisotopic (exact) mass is 448 g/mol. The van der Waals surface area contributed by atoms with Gasteiger partial charge in [-0.2, -0.15) is 5.01 Å². The van der Waals surface area contributed by atoms with Gasteiger partial charge < -0.3 is 0 Å².